The number of pyridine rings is 1. The fourth-order valence-corrected chi connectivity index (χ4v) is 3.51. The number of allylic oxidation sites excluding steroid dienone is 1. The molecule has 0 unspecified atom stereocenters. The Labute approximate surface area is 172 Å². The van der Waals surface area contributed by atoms with Crippen LogP contribution in [0.15, 0.2) is 77.8 Å². The van der Waals surface area contributed by atoms with Crippen LogP contribution in [-0.4, -0.2) is 35.4 Å². The maximum absolute atomic E-state index is 12.4. The molecule has 0 aliphatic carbocycles. The van der Waals surface area contributed by atoms with E-state index in [2.05, 4.69) is 9.71 Å². The molecule has 1 aromatic heterocycles. The molecule has 0 saturated heterocycles. The minimum Gasteiger partial charge on any atom is -0.507 e. The molecule has 3 aromatic rings. The molecular formula is C21H16N2O6S. The molecule has 3 rings (SSSR count). The second-order valence-corrected chi connectivity index (χ2v) is 7.81. The van der Waals surface area contributed by atoms with Gasteiger partial charge >= 0.3 is 5.97 Å². The number of benzene rings is 2. The molecule has 9 heteroatoms. The van der Waals surface area contributed by atoms with Crippen LogP contribution in [0.3, 0.4) is 0 Å². The Morgan fingerprint density at radius 2 is 1.73 bits per heavy atom. The number of carboxylic acid groups (broad SMARTS) is 1. The number of nitrogens with one attached hydrogen (secondary N) is 1. The Morgan fingerprint density at radius 3 is 2.37 bits per heavy atom. The second-order valence-electron chi connectivity index (χ2n) is 6.12. The van der Waals surface area contributed by atoms with E-state index in [9.17, 15) is 23.1 Å². The first-order chi connectivity index (χ1) is 14.3. The highest BCUT2D eigenvalue weighted by molar-refractivity contribution is 7.92. The number of aromatic nitrogens is 1. The summed E-state index contributed by atoms with van der Waals surface area (Å²) < 4.78 is 27.1. The number of rotatable bonds is 7. The highest BCUT2D eigenvalue weighted by Crippen LogP contribution is 2.20. The Bertz CT molecular complexity index is 1220. The predicted molar refractivity (Wildman–Crippen MR) is 110 cm³/mol. The minimum atomic E-state index is -3.80. The first-order valence-electron chi connectivity index (χ1n) is 8.59. The lowest BCUT2D eigenvalue weighted by Crippen LogP contribution is -2.13. The Balaban J connectivity index is 1.74. The van der Waals surface area contributed by atoms with Gasteiger partial charge in [-0.3, -0.25) is 9.52 Å². The SMILES string of the molecule is O=C(/C=C/c1ccc(S(=O)(=O)Nc2ccccn2)cc1)c1ccc(O)c(C(=O)O)c1. The lowest BCUT2D eigenvalue weighted by atomic mass is 10.1. The van der Waals surface area contributed by atoms with Gasteiger partial charge < -0.3 is 10.2 Å². The Kier molecular flexibility index (Phi) is 5.93. The third-order valence-electron chi connectivity index (χ3n) is 4.03. The van der Waals surface area contributed by atoms with Crippen molar-refractivity contribution in [3.63, 3.8) is 0 Å². The van der Waals surface area contributed by atoms with Gasteiger partial charge in [0, 0.05) is 11.8 Å². The van der Waals surface area contributed by atoms with E-state index in [0.29, 0.717) is 5.56 Å². The van der Waals surface area contributed by atoms with Gasteiger partial charge in [0.25, 0.3) is 10.0 Å². The monoisotopic (exact) mass is 424 g/mol. The van der Waals surface area contributed by atoms with E-state index < -0.39 is 27.5 Å². The van der Waals surface area contributed by atoms with Gasteiger partial charge in [0.1, 0.15) is 17.1 Å². The molecule has 3 N–H and O–H groups in total. The van der Waals surface area contributed by atoms with E-state index in [-0.39, 0.29) is 21.8 Å². The molecule has 0 fully saturated rings. The number of phenols is 1. The number of aromatic hydroxyl groups is 1. The number of carboxylic acids is 1. The van der Waals surface area contributed by atoms with Gasteiger partial charge in [0.2, 0.25) is 0 Å². The molecule has 2 aromatic carbocycles. The smallest absolute Gasteiger partial charge is 0.339 e. The van der Waals surface area contributed by atoms with Crippen molar-refractivity contribution < 1.29 is 28.2 Å². The van der Waals surface area contributed by atoms with Crippen LogP contribution in [0.5, 0.6) is 5.75 Å². The number of hydrogen-bond donors (Lipinski definition) is 3. The summed E-state index contributed by atoms with van der Waals surface area (Å²) in [5.41, 5.74) is 0.293. The van der Waals surface area contributed by atoms with E-state index in [1.807, 2.05) is 0 Å². The predicted octanol–water partition coefficient (Wildman–Crippen LogP) is 3.18. The highest BCUT2D eigenvalue weighted by Gasteiger charge is 2.15. The van der Waals surface area contributed by atoms with Crippen molar-refractivity contribution in [2.24, 2.45) is 0 Å². The quantitative estimate of drug-likeness (QED) is 0.392. The average Bonchev–Trinajstić information content (AvgIpc) is 2.73. The van der Waals surface area contributed by atoms with Crippen molar-refractivity contribution >= 4 is 33.7 Å². The summed E-state index contributed by atoms with van der Waals surface area (Å²) in [7, 11) is -3.80. The number of anilines is 1. The molecule has 0 aliphatic rings. The minimum absolute atomic E-state index is 0.0289. The summed E-state index contributed by atoms with van der Waals surface area (Å²) in [5, 5.41) is 18.5. The van der Waals surface area contributed by atoms with Crippen LogP contribution in [0.4, 0.5) is 5.82 Å². The van der Waals surface area contributed by atoms with Gasteiger partial charge in [0.15, 0.2) is 5.78 Å². The second kappa shape index (κ2) is 8.58. The summed E-state index contributed by atoms with van der Waals surface area (Å²) in [5.74, 6) is -2.05. The zero-order valence-corrected chi connectivity index (χ0v) is 16.2. The zero-order valence-electron chi connectivity index (χ0n) is 15.4. The Morgan fingerprint density at radius 1 is 1.00 bits per heavy atom. The van der Waals surface area contributed by atoms with Crippen LogP contribution >= 0.6 is 0 Å². The van der Waals surface area contributed by atoms with Crippen molar-refractivity contribution in [3.05, 3.63) is 89.6 Å². The summed E-state index contributed by atoms with van der Waals surface area (Å²) in [6, 6.07) is 14.2. The lowest BCUT2D eigenvalue weighted by molar-refractivity contribution is 0.0693. The van der Waals surface area contributed by atoms with Crippen LogP contribution in [0, 0.1) is 0 Å². The fourth-order valence-electron chi connectivity index (χ4n) is 2.51. The summed E-state index contributed by atoms with van der Waals surface area (Å²) >= 11 is 0. The molecule has 0 atom stereocenters. The van der Waals surface area contributed by atoms with E-state index in [1.54, 1.807) is 12.1 Å². The third kappa shape index (κ3) is 4.89. The number of carbonyl (C=O) groups excluding carboxylic acids is 1. The van der Waals surface area contributed by atoms with Gasteiger partial charge in [-0.2, -0.15) is 0 Å². The number of sulfonamides is 1. The first kappa shape index (κ1) is 20.7. The maximum atomic E-state index is 12.4. The average molecular weight is 424 g/mol. The van der Waals surface area contributed by atoms with Gasteiger partial charge in [-0.25, -0.2) is 18.2 Å². The van der Waals surface area contributed by atoms with Crippen LogP contribution < -0.4 is 4.72 Å². The van der Waals surface area contributed by atoms with Gasteiger partial charge in [-0.1, -0.05) is 24.3 Å². The molecule has 0 saturated carbocycles. The van der Waals surface area contributed by atoms with Crippen molar-refractivity contribution in [2.75, 3.05) is 4.72 Å². The topological polar surface area (TPSA) is 134 Å². The molecule has 152 valence electrons. The van der Waals surface area contributed by atoms with Crippen molar-refractivity contribution in [2.45, 2.75) is 4.90 Å². The first-order valence-corrected chi connectivity index (χ1v) is 10.1. The molecule has 30 heavy (non-hydrogen) atoms. The number of carbonyl (C=O) groups is 2. The molecule has 0 radical (unpaired) electrons. The molecule has 0 spiro atoms. The highest BCUT2D eigenvalue weighted by atomic mass is 32.2. The van der Waals surface area contributed by atoms with Gasteiger partial charge in [-0.05, 0) is 54.1 Å². The van der Waals surface area contributed by atoms with E-state index in [0.717, 1.165) is 12.1 Å². The Hall–Kier alpha value is -3.98. The van der Waals surface area contributed by atoms with E-state index in [4.69, 9.17) is 5.11 Å². The molecular weight excluding hydrogens is 408 g/mol. The van der Waals surface area contributed by atoms with Crippen molar-refractivity contribution in [3.8, 4) is 5.75 Å². The number of ketones is 1. The summed E-state index contributed by atoms with van der Waals surface area (Å²) in [6.07, 6.45) is 4.17. The number of hydrogen-bond acceptors (Lipinski definition) is 6. The summed E-state index contributed by atoms with van der Waals surface area (Å²) in [4.78, 5) is 27.3. The fraction of sp³-hybridized carbons (Fsp3) is 0. The van der Waals surface area contributed by atoms with Crippen LogP contribution in [0.1, 0.15) is 26.3 Å². The molecule has 0 bridgehead atoms. The zero-order chi connectivity index (χ0) is 21.7. The van der Waals surface area contributed by atoms with E-state index >= 15 is 0 Å². The van der Waals surface area contributed by atoms with E-state index in [1.165, 1.54) is 54.7 Å². The van der Waals surface area contributed by atoms with Gasteiger partial charge in [-0.15, -0.1) is 0 Å². The number of aromatic carboxylic acids is 1. The maximum Gasteiger partial charge on any atom is 0.339 e. The molecule has 0 amide bonds. The molecule has 1 heterocycles. The molecule has 0 aliphatic heterocycles. The number of nitrogens with zero attached hydrogens (tertiary/aromatic N) is 1. The van der Waals surface area contributed by atoms with Gasteiger partial charge in [0.05, 0.1) is 4.90 Å². The standard InChI is InChI=1S/C21H16N2O6S/c24-18(15-7-11-19(25)17(13-15)21(26)27)10-6-14-4-8-16(9-5-14)30(28,29)23-20-3-1-2-12-22-20/h1-13,25H,(H,22,23)(H,26,27)/b10-6+. The van der Waals surface area contributed by atoms with Crippen molar-refractivity contribution in [1.82, 2.24) is 4.98 Å². The van der Waals surface area contributed by atoms with Crippen LogP contribution in [0.25, 0.3) is 6.08 Å². The van der Waals surface area contributed by atoms with Crippen LogP contribution in [-0.2, 0) is 10.0 Å². The summed E-state index contributed by atoms with van der Waals surface area (Å²) in [6.45, 7) is 0. The largest absolute Gasteiger partial charge is 0.507 e. The van der Waals surface area contributed by atoms with Crippen LogP contribution in [0.2, 0.25) is 0 Å². The molecule has 8 nitrogen and oxygen atoms in total. The normalized spacial score (nSPS) is 11.3. The lowest BCUT2D eigenvalue weighted by Gasteiger charge is -2.07. The third-order valence-corrected chi connectivity index (χ3v) is 5.40. The van der Waals surface area contributed by atoms with Crippen molar-refractivity contribution in [1.29, 1.82) is 0 Å².